The van der Waals surface area contributed by atoms with Gasteiger partial charge in [-0.05, 0) is 25.1 Å². The summed E-state index contributed by atoms with van der Waals surface area (Å²) in [5.41, 5.74) is 0.911. The molecule has 0 bridgehead atoms. The van der Waals surface area contributed by atoms with Gasteiger partial charge >= 0.3 is 0 Å². The Labute approximate surface area is 110 Å². The molecule has 100 valence electrons. The van der Waals surface area contributed by atoms with E-state index in [0.717, 1.165) is 5.56 Å². The molecule has 0 atom stereocenters. The number of carbonyl (C=O) groups is 2. The van der Waals surface area contributed by atoms with E-state index in [0.29, 0.717) is 13.1 Å². The Morgan fingerprint density at radius 3 is 2.47 bits per heavy atom. The summed E-state index contributed by atoms with van der Waals surface area (Å²) in [6.07, 6.45) is 3.16. The molecule has 2 rings (SSSR count). The first-order valence-electron chi connectivity index (χ1n) is 6.03. The van der Waals surface area contributed by atoms with Gasteiger partial charge in [0.05, 0.1) is 12.5 Å². The monoisotopic (exact) mass is 261 g/mol. The van der Waals surface area contributed by atoms with Crippen LogP contribution in [0.3, 0.4) is 0 Å². The standard InChI is InChI=1S/C14H15NO4/c1-3-15(8-11-6-7-18-9-11)14(17)13-5-4-12(19-13)10(2)16/h4-7,9H,3,8H2,1-2H3. The Morgan fingerprint density at radius 2 is 1.95 bits per heavy atom. The smallest absolute Gasteiger partial charge is 0.289 e. The fourth-order valence-corrected chi connectivity index (χ4v) is 1.73. The minimum atomic E-state index is -0.240. The third-order valence-electron chi connectivity index (χ3n) is 2.79. The summed E-state index contributed by atoms with van der Waals surface area (Å²) in [4.78, 5) is 25.0. The van der Waals surface area contributed by atoms with Crippen molar-refractivity contribution in [2.24, 2.45) is 0 Å². The first-order valence-corrected chi connectivity index (χ1v) is 6.03. The second-order valence-corrected chi connectivity index (χ2v) is 4.17. The number of carbonyl (C=O) groups excluding carboxylic acids is 2. The zero-order chi connectivity index (χ0) is 13.8. The van der Waals surface area contributed by atoms with Crippen molar-refractivity contribution >= 4 is 11.7 Å². The van der Waals surface area contributed by atoms with Crippen LogP contribution in [0.1, 0.15) is 40.5 Å². The third-order valence-corrected chi connectivity index (χ3v) is 2.79. The Bertz CT molecular complexity index is 568. The predicted octanol–water partition coefficient (Wildman–Crippen LogP) is 2.74. The van der Waals surface area contributed by atoms with E-state index in [1.807, 2.05) is 6.92 Å². The third kappa shape index (κ3) is 2.93. The number of Topliss-reactive ketones (excluding diaryl/α,β-unsaturated/α-hetero) is 1. The van der Waals surface area contributed by atoms with Crippen LogP contribution in [0.5, 0.6) is 0 Å². The lowest BCUT2D eigenvalue weighted by atomic mass is 10.3. The number of hydrogen-bond donors (Lipinski definition) is 0. The number of amides is 1. The average Bonchev–Trinajstić information content (AvgIpc) is 3.06. The Morgan fingerprint density at radius 1 is 1.21 bits per heavy atom. The molecule has 0 saturated heterocycles. The van der Waals surface area contributed by atoms with Crippen LogP contribution in [0.2, 0.25) is 0 Å². The molecule has 19 heavy (non-hydrogen) atoms. The average molecular weight is 261 g/mol. The van der Waals surface area contributed by atoms with Gasteiger partial charge in [0, 0.05) is 25.6 Å². The molecule has 0 spiro atoms. The quantitative estimate of drug-likeness (QED) is 0.776. The zero-order valence-corrected chi connectivity index (χ0v) is 10.9. The molecule has 0 N–H and O–H groups in total. The van der Waals surface area contributed by atoms with Gasteiger partial charge in [0.25, 0.3) is 5.91 Å². The highest BCUT2D eigenvalue weighted by Gasteiger charge is 2.19. The molecule has 2 aromatic rings. The van der Waals surface area contributed by atoms with Crippen LogP contribution in [-0.4, -0.2) is 23.1 Å². The minimum Gasteiger partial charge on any atom is -0.472 e. The zero-order valence-electron chi connectivity index (χ0n) is 10.9. The van der Waals surface area contributed by atoms with E-state index in [2.05, 4.69) is 0 Å². The summed E-state index contributed by atoms with van der Waals surface area (Å²) < 4.78 is 10.2. The van der Waals surface area contributed by atoms with E-state index in [9.17, 15) is 9.59 Å². The molecule has 2 aromatic heterocycles. The summed E-state index contributed by atoms with van der Waals surface area (Å²) in [5.74, 6) is -0.0635. The molecule has 0 fully saturated rings. The maximum atomic E-state index is 12.2. The summed E-state index contributed by atoms with van der Waals surface area (Å²) in [5, 5.41) is 0. The number of furan rings is 2. The van der Waals surface area contributed by atoms with Gasteiger partial charge in [0.15, 0.2) is 17.3 Å². The van der Waals surface area contributed by atoms with E-state index in [-0.39, 0.29) is 23.2 Å². The normalized spacial score (nSPS) is 10.4. The number of rotatable bonds is 5. The maximum Gasteiger partial charge on any atom is 0.289 e. The molecule has 1 amide bonds. The molecular weight excluding hydrogens is 246 g/mol. The number of hydrogen-bond acceptors (Lipinski definition) is 4. The molecule has 5 heteroatoms. The van der Waals surface area contributed by atoms with E-state index >= 15 is 0 Å². The summed E-state index contributed by atoms with van der Waals surface area (Å²) >= 11 is 0. The van der Waals surface area contributed by atoms with Gasteiger partial charge in [-0.25, -0.2) is 0 Å². The number of ketones is 1. The number of nitrogens with zero attached hydrogens (tertiary/aromatic N) is 1. The lowest BCUT2D eigenvalue weighted by Gasteiger charge is -2.18. The van der Waals surface area contributed by atoms with E-state index in [4.69, 9.17) is 8.83 Å². The van der Waals surface area contributed by atoms with Gasteiger partial charge in [-0.3, -0.25) is 9.59 Å². The molecule has 5 nitrogen and oxygen atoms in total. The summed E-state index contributed by atoms with van der Waals surface area (Å²) in [7, 11) is 0. The Kier molecular flexibility index (Phi) is 3.85. The van der Waals surface area contributed by atoms with Gasteiger partial charge in [-0.15, -0.1) is 0 Å². The van der Waals surface area contributed by atoms with Gasteiger partial charge in [-0.2, -0.15) is 0 Å². The van der Waals surface area contributed by atoms with Crippen LogP contribution in [-0.2, 0) is 6.54 Å². The van der Waals surface area contributed by atoms with E-state index in [1.54, 1.807) is 23.5 Å². The van der Waals surface area contributed by atoms with Crippen LogP contribution in [0.25, 0.3) is 0 Å². The fraction of sp³-hybridized carbons (Fsp3) is 0.286. The van der Waals surface area contributed by atoms with Gasteiger partial charge in [-0.1, -0.05) is 0 Å². The van der Waals surface area contributed by atoms with Crippen LogP contribution in [0.4, 0.5) is 0 Å². The molecule has 2 heterocycles. The molecule has 0 aliphatic heterocycles. The van der Waals surface area contributed by atoms with E-state index in [1.165, 1.54) is 19.1 Å². The van der Waals surface area contributed by atoms with Gasteiger partial charge in [0.1, 0.15) is 0 Å². The molecule has 0 aliphatic rings. The first kappa shape index (κ1) is 13.1. The van der Waals surface area contributed by atoms with E-state index < -0.39 is 0 Å². The predicted molar refractivity (Wildman–Crippen MR) is 67.8 cm³/mol. The SMILES string of the molecule is CCN(Cc1ccoc1)C(=O)c1ccc(C(C)=O)o1. The highest BCUT2D eigenvalue weighted by Crippen LogP contribution is 2.14. The lowest BCUT2D eigenvalue weighted by molar-refractivity contribution is 0.0717. The highest BCUT2D eigenvalue weighted by molar-refractivity contribution is 5.95. The Hall–Kier alpha value is -2.30. The Balaban J connectivity index is 2.13. The van der Waals surface area contributed by atoms with Crippen molar-refractivity contribution in [2.75, 3.05) is 6.54 Å². The molecular formula is C14H15NO4. The van der Waals surface area contributed by atoms with Crippen LogP contribution in [0.15, 0.2) is 39.6 Å². The van der Waals surface area contributed by atoms with Crippen LogP contribution >= 0.6 is 0 Å². The van der Waals surface area contributed by atoms with Gasteiger partial charge < -0.3 is 13.7 Å². The second-order valence-electron chi connectivity index (χ2n) is 4.17. The van der Waals surface area contributed by atoms with Crippen molar-refractivity contribution in [3.05, 3.63) is 47.8 Å². The van der Waals surface area contributed by atoms with Crippen molar-refractivity contribution < 1.29 is 18.4 Å². The maximum absolute atomic E-state index is 12.2. The summed E-state index contributed by atoms with van der Waals surface area (Å²) in [6.45, 7) is 4.27. The van der Waals surface area contributed by atoms with Crippen molar-refractivity contribution in [2.45, 2.75) is 20.4 Å². The molecule has 0 saturated carbocycles. The summed E-state index contributed by atoms with van der Waals surface area (Å²) in [6, 6.07) is 4.84. The molecule has 0 aromatic carbocycles. The molecule has 0 unspecified atom stereocenters. The lowest BCUT2D eigenvalue weighted by Crippen LogP contribution is -2.29. The second kappa shape index (κ2) is 5.56. The largest absolute Gasteiger partial charge is 0.472 e. The van der Waals surface area contributed by atoms with Crippen molar-refractivity contribution in [3.8, 4) is 0 Å². The molecule has 0 aliphatic carbocycles. The van der Waals surface area contributed by atoms with Gasteiger partial charge in [0.2, 0.25) is 0 Å². The van der Waals surface area contributed by atoms with Crippen LogP contribution in [0, 0.1) is 0 Å². The van der Waals surface area contributed by atoms with Crippen molar-refractivity contribution in [3.63, 3.8) is 0 Å². The minimum absolute atomic E-state index is 0.176. The molecule has 0 radical (unpaired) electrons. The topological polar surface area (TPSA) is 63.7 Å². The van der Waals surface area contributed by atoms with Crippen LogP contribution < -0.4 is 0 Å². The highest BCUT2D eigenvalue weighted by atomic mass is 16.4. The van der Waals surface area contributed by atoms with Crippen molar-refractivity contribution in [1.82, 2.24) is 4.90 Å². The van der Waals surface area contributed by atoms with Crippen molar-refractivity contribution in [1.29, 1.82) is 0 Å². The fourth-order valence-electron chi connectivity index (χ4n) is 1.73. The first-order chi connectivity index (χ1) is 9.11.